The van der Waals surface area contributed by atoms with Gasteiger partial charge in [0.1, 0.15) is 11.8 Å². The molecule has 0 amide bonds. The Labute approximate surface area is 113 Å². The van der Waals surface area contributed by atoms with Crippen LogP contribution in [-0.2, 0) is 20.1 Å². The van der Waals surface area contributed by atoms with E-state index in [1.54, 1.807) is 6.20 Å². The first-order chi connectivity index (χ1) is 9.13. The maximum absolute atomic E-state index is 9.00. The molecule has 2 aromatic rings. The van der Waals surface area contributed by atoms with Crippen molar-refractivity contribution in [3.05, 3.63) is 52.6 Å². The van der Waals surface area contributed by atoms with E-state index in [-0.39, 0.29) is 0 Å². The number of hydrogen-bond acceptors (Lipinski definition) is 3. The first-order valence-electron chi connectivity index (χ1n) is 6.29. The third kappa shape index (κ3) is 2.83. The molecular weight excluding hydrogens is 236 g/mol. The fourth-order valence-electron chi connectivity index (χ4n) is 2.06. The van der Waals surface area contributed by atoms with E-state index in [0.29, 0.717) is 5.69 Å². The van der Waals surface area contributed by atoms with Crippen molar-refractivity contribution in [2.45, 2.75) is 26.9 Å². The summed E-state index contributed by atoms with van der Waals surface area (Å²) in [7, 11) is 1.92. The molecule has 0 aliphatic carbocycles. The molecule has 0 spiro atoms. The highest BCUT2D eigenvalue weighted by Gasteiger charge is 2.08. The summed E-state index contributed by atoms with van der Waals surface area (Å²) < 4.78 is 1.92. The highest BCUT2D eigenvalue weighted by Crippen LogP contribution is 2.13. The zero-order chi connectivity index (χ0) is 13.8. The third-order valence-electron chi connectivity index (χ3n) is 3.53. The highest BCUT2D eigenvalue weighted by molar-refractivity contribution is 5.34. The minimum Gasteiger partial charge on any atom is -0.340 e. The topological polar surface area (TPSA) is 53.6 Å². The Bertz CT molecular complexity index is 620. The first-order valence-corrected chi connectivity index (χ1v) is 6.29. The van der Waals surface area contributed by atoms with E-state index >= 15 is 0 Å². The SMILES string of the molecule is Cc1ccncc1CNCc1cc(C#N)n(C)c1C. The number of pyridine rings is 1. The van der Waals surface area contributed by atoms with Gasteiger partial charge in [-0.25, -0.2) is 0 Å². The van der Waals surface area contributed by atoms with Gasteiger partial charge in [-0.15, -0.1) is 0 Å². The van der Waals surface area contributed by atoms with Crippen molar-refractivity contribution < 1.29 is 0 Å². The summed E-state index contributed by atoms with van der Waals surface area (Å²) in [5.41, 5.74) is 5.45. The second kappa shape index (κ2) is 5.68. The van der Waals surface area contributed by atoms with Gasteiger partial charge in [-0.3, -0.25) is 4.98 Å². The molecule has 98 valence electrons. The maximum atomic E-state index is 9.00. The van der Waals surface area contributed by atoms with E-state index < -0.39 is 0 Å². The smallest absolute Gasteiger partial charge is 0.120 e. The van der Waals surface area contributed by atoms with Crippen LogP contribution in [0.25, 0.3) is 0 Å². The molecule has 0 aromatic carbocycles. The molecule has 19 heavy (non-hydrogen) atoms. The Hall–Kier alpha value is -2.12. The van der Waals surface area contributed by atoms with Crippen LogP contribution in [0.3, 0.4) is 0 Å². The number of hydrogen-bond donors (Lipinski definition) is 1. The van der Waals surface area contributed by atoms with Gasteiger partial charge in [0.2, 0.25) is 0 Å². The summed E-state index contributed by atoms with van der Waals surface area (Å²) in [6.45, 7) is 5.67. The van der Waals surface area contributed by atoms with Gasteiger partial charge < -0.3 is 9.88 Å². The molecule has 0 fully saturated rings. The van der Waals surface area contributed by atoms with E-state index in [1.165, 1.54) is 16.7 Å². The number of rotatable bonds is 4. The van der Waals surface area contributed by atoms with Crippen molar-refractivity contribution in [1.29, 1.82) is 5.26 Å². The average Bonchev–Trinajstić information content (AvgIpc) is 2.69. The van der Waals surface area contributed by atoms with Gasteiger partial charge in [-0.2, -0.15) is 5.26 Å². The second-order valence-electron chi connectivity index (χ2n) is 4.72. The average molecular weight is 254 g/mol. The molecule has 0 aliphatic heterocycles. The van der Waals surface area contributed by atoms with Crippen molar-refractivity contribution in [2.75, 3.05) is 0 Å². The lowest BCUT2D eigenvalue weighted by Crippen LogP contribution is -2.14. The van der Waals surface area contributed by atoms with Gasteiger partial charge >= 0.3 is 0 Å². The molecular formula is C15H18N4. The monoisotopic (exact) mass is 254 g/mol. The van der Waals surface area contributed by atoms with Crippen molar-refractivity contribution in [3.63, 3.8) is 0 Å². The van der Waals surface area contributed by atoms with Gasteiger partial charge in [0, 0.05) is 38.2 Å². The standard InChI is InChI=1S/C15H18N4/c1-11-4-5-17-9-14(11)10-18-8-13-6-15(7-16)19(3)12(13)2/h4-6,9,18H,8,10H2,1-3H3. The lowest BCUT2D eigenvalue weighted by Gasteiger charge is -2.07. The van der Waals surface area contributed by atoms with Crippen LogP contribution in [0, 0.1) is 25.2 Å². The molecule has 0 saturated carbocycles. The summed E-state index contributed by atoms with van der Waals surface area (Å²) in [5, 5.41) is 12.4. The van der Waals surface area contributed by atoms with E-state index in [4.69, 9.17) is 5.26 Å². The molecule has 0 aliphatic rings. The number of aromatic nitrogens is 2. The Morgan fingerprint density at radius 2 is 2.05 bits per heavy atom. The predicted molar refractivity (Wildman–Crippen MR) is 74.4 cm³/mol. The quantitative estimate of drug-likeness (QED) is 0.910. The zero-order valence-corrected chi connectivity index (χ0v) is 11.6. The minimum atomic E-state index is 0.701. The van der Waals surface area contributed by atoms with Gasteiger partial charge in [0.05, 0.1) is 0 Å². The molecule has 0 saturated heterocycles. The first kappa shape index (κ1) is 13.3. The summed E-state index contributed by atoms with van der Waals surface area (Å²) >= 11 is 0. The molecule has 2 rings (SSSR count). The summed E-state index contributed by atoms with van der Waals surface area (Å²) in [6.07, 6.45) is 3.69. The number of nitrogens with one attached hydrogen (secondary N) is 1. The van der Waals surface area contributed by atoms with Gasteiger partial charge in [0.15, 0.2) is 0 Å². The summed E-state index contributed by atoms with van der Waals surface area (Å²) in [5.74, 6) is 0. The molecule has 0 bridgehead atoms. The zero-order valence-electron chi connectivity index (χ0n) is 11.6. The molecule has 4 nitrogen and oxygen atoms in total. The van der Waals surface area contributed by atoms with Crippen LogP contribution < -0.4 is 5.32 Å². The molecule has 0 atom stereocenters. The van der Waals surface area contributed by atoms with Crippen molar-refractivity contribution >= 4 is 0 Å². The van der Waals surface area contributed by atoms with Crippen LogP contribution in [0.4, 0.5) is 0 Å². The normalized spacial score (nSPS) is 10.4. The lowest BCUT2D eigenvalue weighted by atomic mass is 10.1. The van der Waals surface area contributed by atoms with Crippen LogP contribution in [0.2, 0.25) is 0 Å². The van der Waals surface area contributed by atoms with Gasteiger partial charge in [0.25, 0.3) is 0 Å². The number of nitrogens with zero attached hydrogens (tertiary/aromatic N) is 3. The van der Waals surface area contributed by atoms with Gasteiger partial charge in [-0.1, -0.05) is 0 Å². The second-order valence-corrected chi connectivity index (χ2v) is 4.72. The third-order valence-corrected chi connectivity index (χ3v) is 3.53. The van der Waals surface area contributed by atoms with Crippen LogP contribution in [0.15, 0.2) is 24.5 Å². The predicted octanol–water partition coefficient (Wildman–Crippen LogP) is 2.20. The highest BCUT2D eigenvalue weighted by atomic mass is 15.0. The van der Waals surface area contributed by atoms with E-state index in [2.05, 4.69) is 23.3 Å². The van der Waals surface area contributed by atoms with Crippen molar-refractivity contribution in [3.8, 4) is 6.07 Å². The fourth-order valence-corrected chi connectivity index (χ4v) is 2.06. The molecule has 4 heteroatoms. The summed E-state index contributed by atoms with van der Waals surface area (Å²) in [4.78, 5) is 4.13. The molecule has 2 aromatic heterocycles. The minimum absolute atomic E-state index is 0.701. The van der Waals surface area contributed by atoms with Gasteiger partial charge in [-0.05, 0) is 42.7 Å². The summed E-state index contributed by atoms with van der Waals surface area (Å²) in [6, 6.07) is 6.15. The van der Waals surface area contributed by atoms with Crippen LogP contribution in [0.1, 0.15) is 28.1 Å². The van der Waals surface area contributed by atoms with E-state index in [0.717, 1.165) is 18.8 Å². The van der Waals surface area contributed by atoms with Crippen molar-refractivity contribution in [1.82, 2.24) is 14.9 Å². The number of nitriles is 1. The Balaban J connectivity index is 2.01. The number of aryl methyl sites for hydroxylation is 1. The molecule has 0 radical (unpaired) electrons. The van der Waals surface area contributed by atoms with E-state index in [9.17, 15) is 0 Å². The lowest BCUT2D eigenvalue weighted by molar-refractivity contribution is 0.683. The van der Waals surface area contributed by atoms with E-state index in [1.807, 2.05) is 36.9 Å². The maximum Gasteiger partial charge on any atom is 0.120 e. The van der Waals surface area contributed by atoms with Crippen LogP contribution in [0.5, 0.6) is 0 Å². The Kier molecular flexibility index (Phi) is 3.98. The molecule has 0 unspecified atom stereocenters. The van der Waals surface area contributed by atoms with Crippen molar-refractivity contribution in [2.24, 2.45) is 7.05 Å². The van der Waals surface area contributed by atoms with Crippen LogP contribution >= 0.6 is 0 Å². The largest absolute Gasteiger partial charge is 0.340 e. The Morgan fingerprint density at radius 1 is 1.32 bits per heavy atom. The Morgan fingerprint density at radius 3 is 2.68 bits per heavy atom. The molecule has 2 heterocycles. The fraction of sp³-hybridized carbons (Fsp3) is 0.333. The molecule has 1 N–H and O–H groups in total. The van der Waals surface area contributed by atoms with Crippen LogP contribution in [-0.4, -0.2) is 9.55 Å².